The molecule has 1 heterocycles. The molecule has 1 aliphatic carbocycles. The SMILES string of the molecule is Cn1c(-c2ccccc2)c(C2C(O)C(N)C2O)c2ccccc21.NC(=O)Cc1ccccc1. The van der Waals surface area contributed by atoms with Gasteiger partial charge >= 0.3 is 0 Å². The molecule has 0 radical (unpaired) electrons. The van der Waals surface area contributed by atoms with E-state index in [2.05, 4.69) is 22.8 Å². The number of benzene rings is 3. The fraction of sp³-hybridized carbons (Fsp3) is 0.222. The van der Waals surface area contributed by atoms with Gasteiger partial charge in [-0.25, -0.2) is 0 Å². The van der Waals surface area contributed by atoms with Crippen molar-refractivity contribution in [2.45, 2.75) is 30.6 Å². The Morgan fingerprint density at radius 3 is 2.03 bits per heavy atom. The maximum absolute atomic E-state index is 10.4. The fourth-order valence-electron chi connectivity index (χ4n) is 4.58. The maximum atomic E-state index is 10.4. The topological polar surface area (TPSA) is 114 Å². The second kappa shape index (κ2) is 9.58. The number of para-hydroxylation sites is 1. The van der Waals surface area contributed by atoms with Crippen molar-refractivity contribution in [2.75, 3.05) is 0 Å². The standard InChI is InChI=1S/C19H20N2O2.C8H9NO/c1-21-13-10-6-5-9-12(13)14(15-18(22)16(20)19(15)23)17(21)11-7-3-2-4-8-11;9-8(10)6-7-4-2-1-3-5-7/h2-10,15-16,18-19,22-23H,20H2,1H3;1-5H,6H2,(H2,9,10). The van der Waals surface area contributed by atoms with E-state index in [1.165, 1.54) is 0 Å². The van der Waals surface area contributed by atoms with Crippen LogP contribution in [0.25, 0.3) is 22.2 Å². The molecule has 6 N–H and O–H groups in total. The van der Waals surface area contributed by atoms with Crippen LogP contribution < -0.4 is 11.5 Å². The molecule has 0 spiro atoms. The summed E-state index contributed by atoms with van der Waals surface area (Å²) in [5, 5.41) is 21.8. The first-order valence-corrected chi connectivity index (χ1v) is 11.0. The lowest BCUT2D eigenvalue weighted by Gasteiger charge is -2.44. The first kappa shape index (κ1) is 22.7. The van der Waals surface area contributed by atoms with E-state index < -0.39 is 18.2 Å². The van der Waals surface area contributed by atoms with Crippen LogP contribution in [0.1, 0.15) is 17.0 Å². The zero-order valence-corrected chi connectivity index (χ0v) is 18.5. The summed E-state index contributed by atoms with van der Waals surface area (Å²) in [6, 6.07) is 27.0. The molecule has 4 aromatic rings. The van der Waals surface area contributed by atoms with Gasteiger partial charge in [-0.3, -0.25) is 4.79 Å². The van der Waals surface area contributed by atoms with Crippen LogP contribution in [-0.2, 0) is 18.3 Å². The van der Waals surface area contributed by atoms with E-state index in [9.17, 15) is 15.0 Å². The van der Waals surface area contributed by atoms with E-state index in [0.717, 1.165) is 33.3 Å². The zero-order chi connectivity index (χ0) is 23.5. The number of fused-ring (bicyclic) bond motifs is 1. The van der Waals surface area contributed by atoms with E-state index in [-0.39, 0.29) is 11.8 Å². The van der Waals surface area contributed by atoms with Gasteiger partial charge in [0, 0.05) is 23.9 Å². The number of carbonyl (C=O) groups excluding carboxylic acids is 1. The first-order chi connectivity index (χ1) is 15.9. The Kier molecular flexibility index (Phi) is 6.60. The molecule has 6 heteroatoms. The van der Waals surface area contributed by atoms with Gasteiger partial charge in [-0.15, -0.1) is 0 Å². The number of nitrogens with two attached hydrogens (primary N) is 2. The lowest BCUT2D eigenvalue weighted by Crippen LogP contribution is -2.62. The van der Waals surface area contributed by atoms with Gasteiger partial charge < -0.3 is 26.2 Å². The van der Waals surface area contributed by atoms with Crippen molar-refractivity contribution >= 4 is 16.8 Å². The van der Waals surface area contributed by atoms with Gasteiger partial charge in [-0.05, 0) is 22.8 Å². The average molecular weight is 444 g/mol. The van der Waals surface area contributed by atoms with Crippen molar-refractivity contribution in [3.05, 3.63) is 96.1 Å². The largest absolute Gasteiger partial charge is 0.391 e. The highest BCUT2D eigenvalue weighted by molar-refractivity contribution is 5.93. The molecule has 1 fully saturated rings. The highest BCUT2D eigenvalue weighted by atomic mass is 16.3. The van der Waals surface area contributed by atoms with Crippen LogP contribution in [0.15, 0.2) is 84.9 Å². The quantitative estimate of drug-likeness (QED) is 0.388. The minimum absolute atomic E-state index is 0.286. The van der Waals surface area contributed by atoms with Gasteiger partial charge in [0.1, 0.15) is 0 Å². The molecule has 1 aromatic heterocycles. The van der Waals surface area contributed by atoms with Gasteiger partial charge in [0.15, 0.2) is 0 Å². The number of hydrogen-bond donors (Lipinski definition) is 4. The van der Waals surface area contributed by atoms with Crippen molar-refractivity contribution in [3.8, 4) is 11.3 Å². The third-order valence-corrected chi connectivity index (χ3v) is 6.27. The molecule has 5 rings (SSSR count). The van der Waals surface area contributed by atoms with E-state index in [4.69, 9.17) is 11.5 Å². The molecule has 1 aliphatic rings. The van der Waals surface area contributed by atoms with Crippen LogP contribution in [0.4, 0.5) is 0 Å². The molecule has 2 atom stereocenters. The average Bonchev–Trinajstić information content (AvgIpc) is 3.12. The Balaban J connectivity index is 0.000000219. The number of aromatic nitrogens is 1. The molecular formula is C27H29N3O3. The van der Waals surface area contributed by atoms with E-state index in [1.807, 2.05) is 73.8 Å². The summed E-state index contributed by atoms with van der Waals surface area (Å²) in [4.78, 5) is 10.4. The molecule has 0 saturated heterocycles. The predicted molar refractivity (Wildman–Crippen MR) is 130 cm³/mol. The number of rotatable bonds is 4. The smallest absolute Gasteiger partial charge is 0.221 e. The van der Waals surface area contributed by atoms with Crippen molar-refractivity contribution < 1.29 is 15.0 Å². The van der Waals surface area contributed by atoms with Crippen molar-refractivity contribution in [1.82, 2.24) is 4.57 Å². The molecule has 3 aromatic carbocycles. The van der Waals surface area contributed by atoms with Gasteiger partial charge in [-0.1, -0.05) is 78.9 Å². The molecule has 0 aliphatic heterocycles. The molecule has 33 heavy (non-hydrogen) atoms. The number of hydrogen-bond acceptors (Lipinski definition) is 4. The van der Waals surface area contributed by atoms with Crippen LogP contribution in [0.2, 0.25) is 0 Å². The highest BCUT2D eigenvalue weighted by Crippen LogP contribution is 2.45. The Bertz CT molecular complexity index is 1230. The summed E-state index contributed by atoms with van der Waals surface area (Å²) in [5.41, 5.74) is 15.9. The van der Waals surface area contributed by atoms with Crippen LogP contribution >= 0.6 is 0 Å². The minimum atomic E-state index is -0.724. The Morgan fingerprint density at radius 1 is 0.879 bits per heavy atom. The second-order valence-corrected chi connectivity index (χ2v) is 8.42. The molecule has 2 unspecified atom stereocenters. The van der Waals surface area contributed by atoms with Gasteiger partial charge in [0.25, 0.3) is 0 Å². The summed E-state index contributed by atoms with van der Waals surface area (Å²) in [6.07, 6.45) is -1.11. The minimum Gasteiger partial charge on any atom is -0.391 e. The van der Waals surface area contributed by atoms with Gasteiger partial charge in [-0.2, -0.15) is 0 Å². The van der Waals surface area contributed by atoms with Crippen molar-refractivity contribution in [2.24, 2.45) is 18.5 Å². The van der Waals surface area contributed by atoms with Gasteiger partial charge in [0.05, 0.1) is 30.4 Å². The third kappa shape index (κ3) is 4.41. The number of amides is 1. The first-order valence-electron chi connectivity index (χ1n) is 11.0. The number of carbonyl (C=O) groups is 1. The number of aliphatic hydroxyl groups is 2. The second-order valence-electron chi connectivity index (χ2n) is 8.42. The summed E-state index contributed by atoms with van der Waals surface area (Å²) in [7, 11) is 2.02. The molecule has 0 bridgehead atoms. The van der Waals surface area contributed by atoms with Crippen LogP contribution in [0.5, 0.6) is 0 Å². The van der Waals surface area contributed by atoms with E-state index >= 15 is 0 Å². The summed E-state index contributed by atoms with van der Waals surface area (Å²) in [5.74, 6) is -0.641. The lowest BCUT2D eigenvalue weighted by molar-refractivity contribution is -0.117. The molecule has 6 nitrogen and oxygen atoms in total. The molecule has 170 valence electrons. The van der Waals surface area contributed by atoms with Crippen LogP contribution in [0, 0.1) is 0 Å². The molecule has 1 saturated carbocycles. The van der Waals surface area contributed by atoms with Crippen molar-refractivity contribution in [3.63, 3.8) is 0 Å². The zero-order valence-electron chi connectivity index (χ0n) is 18.5. The monoisotopic (exact) mass is 443 g/mol. The number of nitrogens with zero attached hydrogens (tertiary/aromatic N) is 1. The lowest BCUT2D eigenvalue weighted by atomic mass is 9.69. The Morgan fingerprint density at radius 2 is 1.42 bits per heavy atom. The predicted octanol–water partition coefficient (Wildman–Crippen LogP) is 2.71. The molecular weight excluding hydrogens is 414 g/mol. The fourth-order valence-corrected chi connectivity index (χ4v) is 4.58. The van der Waals surface area contributed by atoms with Gasteiger partial charge in [0.2, 0.25) is 5.91 Å². The Hall–Kier alpha value is -3.45. The normalized spacial score (nSPS) is 21.7. The van der Waals surface area contributed by atoms with Crippen molar-refractivity contribution in [1.29, 1.82) is 0 Å². The van der Waals surface area contributed by atoms with Crippen LogP contribution in [-0.4, -0.2) is 38.9 Å². The van der Waals surface area contributed by atoms with Crippen LogP contribution in [0.3, 0.4) is 0 Å². The number of aryl methyl sites for hydroxylation is 1. The highest BCUT2D eigenvalue weighted by Gasteiger charge is 2.49. The third-order valence-electron chi connectivity index (χ3n) is 6.27. The summed E-state index contributed by atoms with van der Waals surface area (Å²) >= 11 is 0. The maximum Gasteiger partial charge on any atom is 0.221 e. The molecule has 1 amide bonds. The Labute approximate surface area is 193 Å². The number of primary amides is 1. The number of aliphatic hydroxyl groups excluding tert-OH is 2. The summed E-state index contributed by atoms with van der Waals surface area (Å²) in [6.45, 7) is 0. The summed E-state index contributed by atoms with van der Waals surface area (Å²) < 4.78 is 2.13. The van der Waals surface area contributed by atoms with E-state index in [1.54, 1.807) is 0 Å². The van der Waals surface area contributed by atoms with E-state index in [0.29, 0.717) is 6.42 Å².